The molecule has 0 amide bonds. The third kappa shape index (κ3) is 10.2. The maximum atomic E-state index is 6.17. The minimum Gasteiger partial charge on any atom is -1.00 e. The molecule has 2 N–H and O–H groups in total. The average molecular weight is 299 g/mol. The first-order valence-corrected chi connectivity index (χ1v) is 8.02. The molecule has 0 aromatic carbocycles. The van der Waals surface area contributed by atoms with Crippen LogP contribution in [0.15, 0.2) is 30.6 Å². The highest BCUT2D eigenvalue weighted by Crippen LogP contribution is 2.10. The van der Waals surface area contributed by atoms with Crippen LogP contribution < -0.4 is 22.7 Å². The summed E-state index contributed by atoms with van der Waals surface area (Å²) in [7, 11) is 0. The van der Waals surface area contributed by atoms with E-state index in [0.29, 0.717) is 6.04 Å². The predicted molar refractivity (Wildman–Crippen MR) is 81.8 cm³/mol. The van der Waals surface area contributed by atoms with Crippen molar-refractivity contribution in [2.75, 3.05) is 0 Å². The molecule has 1 aromatic heterocycles. The number of hydrogen-bond acceptors (Lipinski definition) is 1. The van der Waals surface area contributed by atoms with Gasteiger partial charge in [-0.1, -0.05) is 51.5 Å². The highest BCUT2D eigenvalue weighted by atomic mass is 35.5. The summed E-state index contributed by atoms with van der Waals surface area (Å²) in [6.07, 6.45) is 16.0. The molecule has 116 valence electrons. The van der Waals surface area contributed by atoms with Crippen LogP contribution >= 0.6 is 0 Å². The first-order chi connectivity index (χ1) is 9.33. The van der Waals surface area contributed by atoms with Gasteiger partial charge in [0.25, 0.3) is 0 Å². The number of rotatable bonds is 11. The normalized spacial score (nSPS) is 11.9. The Kier molecular flexibility index (Phi) is 13.0. The lowest BCUT2D eigenvalue weighted by atomic mass is 10.0. The lowest BCUT2D eigenvalue weighted by molar-refractivity contribution is -0.697. The van der Waals surface area contributed by atoms with Crippen molar-refractivity contribution in [1.82, 2.24) is 0 Å². The molecule has 0 aliphatic rings. The molecular weight excluding hydrogens is 268 g/mol. The summed E-state index contributed by atoms with van der Waals surface area (Å²) < 4.78 is 2.23. The molecule has 0 fully saturated rings. The summed E-state index contributed by atoms with van der Waals surface area (Å²) in [5.74, 6) is 0. The smallest absolute Gasteiger partial charge is 0.168 e. The van der Waals surface area contributed by atoms with Gasteiger partial charge >= 0.3 is 0 Å². The van der Waals surface area contributed by atoms with Crippen molar-refractivity contribution in [3.8, 4) is 0 Å². The topological polar surface area (TPSA) is 29.9 Å². The molecule has 20 heavy (non-hydrogen) atoms. The molecule has 0 saturated carbocycles. The van der Waals surface area contributed by atoms with Gasteiger partial charge in [0.1, 0.15) is 6.54 Å². The Bertz CT molecular complexity index is 303. The van der Waals surface area contributed by atoms with Crippen LogP contribution in [0, 0.1) is 0 Å². The summed E-state index contributed by atoms with van der Waals surface area (Å²) in [6.45, 7) is 3.35. The van der Waals surface area contributed by atoms with Crippen LogP contribution in [0.3, 0.4) is 0 Å². The molecule has 1 unspecified atom stereocenters. The third-order valence-electron chi connectivity index (χ3n) is 3.70. The number of pyridine rings is 1. The average Bonchev–Trinajstić information content (AvgIpc) is 2.44. The Balaban J connectivity index is 0.00000361. The van der Waals surface area contributed by atoms with E-state index < -0.39 is 0 Å². The fourth-order valence-corrected chi connectivity index (χ4v) is 2.45. The molecule has 1 aromatic rings. The largest absolute Gasteiger partial charge is 1.00 e. The minimum atomic E-state index is 0. The number of nitrogens with zero attached hydrogens (tertiary/aromatic N) is 1. The van der Waals surface area contributed by atoms with Gasteiger partial charge in [0.15, 0.2) is 12.4 Å². The van der Waals surface area contributed by atoms with Crippen LogP contribution in [-0.4, -0.2) is 6.04 Å². The van der Waals surface area contributed by atoms with E-state index in [1.165, 1.54) is 51.4 Å². The minimum absolute atomic E-state index is 0. The van der Waals surface area contributed by atoms with Crippen LogP contribution in [0.1, 0.15) is 64.7 Å². The molecular formula is C17H31ClN2. The second-order valence-electron chi connectivity index (χ2n) is 5.57. The summed E-state index contributed by atoms with van der Waals surface area (Å²) in [6, 6.07) is 6.61. The van der Waals surface area contributed by atoms with Gasteiger partial charge in [-0.15, -0.1) is 0 Å². The number of aryl methyl sites for hydroxylation is 1. The quantitative estimate of drug-likeness (QED) is 0.476. The monoisotopic (exact) mass is 298 g/mol. The Hall–Kier alpha value is -0.600. The first-order valence-electron chi connectivity index (χ1n) is 8.02. The molecule has 0 spiro atoms. The fraction of sp³-hybridized carbons (Fsp3) is 0.706. The van der Waals surface area contributed by atoms with Crippen LogP contribution in [0.2, 0.25) is 0 Å². The molecule has 0 radical (unpaired) electrons. The second-order valence-corrected chi connectivity index (χ2v) is 5.57. The van der Waals surface area contributed by atoms with Gasteiger partial charge in [-0.3, -0.25) is 0 Å². The van der Waals surface area contributed by atoms with Crippen molar-refractivity contribution in [3.63, 3.8) is 0 Å². The van der Waals surface area contributed by atoms with E-state index in [4.69, 9.17) is 5.73 Å². The SMILES string of the molecule is CCCCCCCCC(N)CCC[n+]1ccccc1.[Cl-]. The Morgan fingerprint density at radius 1 is 0.850 bits per heavy atom. The van der Waals surface area contributed by atoms with E-state index in [0.717, 1.165) is 13.0 Å². The molecule has 0 bridgehead atoms. The predicted octanol–water partition coefficient (Wildman–Crippen LogP) is 0.836. The van der Waals surface area contributed by atoms with Crippen LogP contribution in [0.25, 0.3) is 0 Å². The van der Waals surface area contributed by atoms with E-state index in [2.05, 4.69) is 42.1 Å². The van der Waals surface area contributed by atoms with E-state index in [1.54, 1.807) is 0 Å². The van der Waals surface area contributed by atoms with Crippen molar-refractivity contribution < 1.29 is 17.0 Å². The van der Waals surface area contributed by atoms with Gasteiger partial charge in [0.05, 0.1) is 0 Å². The van der Waals surface area contributed by atoms with E-state index >= 15 is 0 Å². The third-order valence-corrected chi connectivity index (χ3v) is 3.70. The van der Waals surface area contributed by atoms with Crippen LogP contribution in [0.5, 0.6) is 0 Å². The Morgan fingerprint density at radius 2 is 1.45 bits per heavy atom. The van der Waals surface area contributed by atoms with Gasteiger partial charge in [-0.2, -0.15) is 0 Å². The summed E-state index contributed by atoms with van der Waals surface area (Å²) in [4.78, 5) is 0. The molecule has 0 saturated heterocycles. The van der Waals surface area contributed by atoms with E-state index in [-0.39, 0.29) is 12.4 Å². The van der Waals surface area contributed by atoms with E-state index in [1.807, 2.05) is 0 Å². The first kappa shape index (κ1) is 19.4. The summed E-state index contributed by atoms with van der Waals surface area (Å²) in [5, 5.41) is 0. The summed E-state index contributed by atoms with van der Waals surface area (Å²) in [5.41, 5.74) is 6.17. The fourth-order valence-electron chi connectivity index (χ4n) is 2.45. The van der Waals surface area contributed by atoms with Crippen molar-refractivity contribution in [3.05, 3.63) is 30.6 Å². The lowest BCUT2D eigenvalue weighted by Crippen LogP contribution is -3.00. The molecule has 2 nitrogen and oxygen atoms in total. The number of hydrogen-bond donors (Lipinski definition) is 1. The van der Waals surface area contributed by atoms with Crippen molar-refractivity contribution >= 4 is 0 Å². The molecule has 1 atom stereocenters. The van der Waals surface area contributed by atoms with Gasteiger partial charge in [-0.05, 0) is 12.8 Å². The zero-order chi connectivity index (χ0) is 13.8. The van der Waals surface area contributed by atoms with Crippen molar-refractivity contribution in [2.45, 2.75) is 77.3 Å². The van der Waals surface area contributed by atoms with Crippen molar-refractivity contribution in [1.29, 1.82) is 0 Å². The maximum absolute atomic E-state index is 6.17. The Labute approximate surface area is 131 Å². The number of unbranched alkanes of at least 4 members (excludes halogenated alkanes) is 5. The lowest BCUT2D eigenvalue weighted by Gasteiger charge is -2.10. The Morgan fingerprint density at radius 3 is 2.15 bits per heavy atom. The molecule has 3 heteroatoms. The maximum Gasteiger partial charge on any atom is 0.168 e. The van der Waals surface area contributed by atoms with Gasteiger partial charge in [0, 0.05) is 24.6 Å². The number of halogens is 1. The van der Waals surface area contributed by atoms with Gasteiger partial charge in [0.2, 0.25) is 0 Å². The zero-order valence-corrected chi connectivity index (χ0v) is 13.7. The van der Waals surface area contributed by atoms with Gasteiger partial charge < -0.3 is 18.1 Å². The van der Waals surface area contributed by atoms with E-state index in [9.17, 15) is 0 Å². The second kappa shape index (κ2) is 13.4. The highest BCUT2D eigenvalue weighted by molar-refractivity contribution is 4.83. The molecule has 0 aliphatic heterocycles. The number of aromatic nitrogens is 1. The molecule has 1 heterocycles. The van der Waals surface area contributed by atoms with Crippen LogP contribution in [0.4, 0.5) is 0 Å². The summed E-state index contributed by atoms with van der Waals surface area (Å²) >= 11 is 0. The molecule has 1 rings (SSSR count). The zero-order valence-electron chi connectivity index (χ0n) is 12.9. The standard InChI is InChI=1S/C17H31N2.ClH/c1-2-3-4-5-6-8-12-17(18)13-11-16-19-14-9-7-10-15-19;/h7,9-10,14-15,17H,2-6,8,11-13,16,18H2,1H3;1H/q+1;/p-1. The highest BCUT2D eigenvalue weighted by Gasteiger charge is 2.04. The van der Waals surface area contributed by atoms with Crippen molar-refractivity contribution in [2.24, 2.45) is 5.73 Å². The number of nitrogens with two attached hydrogens (primary N) is 1. The van der Waals surface area contributed by atoms with Gasteiger partial charge in [-0.25, -0.2) is 4.57 Å². The molecule has 0 aliphatic carbocycles. The van der Waals surface area contributed by atoms with Crippen LogP contribution in [-0.2, 0) is 6.54 Å².